The van der Waals surface area contributed by atoms with Crippen LogP contribution in [0.2, 0.25) is 0 Å². The summed E-state index contributed by atoms with van der Waals surface area (Å²) in [5.41, 5.74) is 0.503. The van der Waals surface area contributed by atoms with Crippen molar-refractivity contribution in [2.75, 3.05) is 11.5 Å². The van der Waals surface area contributed by atoms with Gasteiger partial charge in [0.2, 0.25) is 0 Å². The molecule has 2 heterocycles. The Morgan fingerprint density at radius 3 is 2.74 bits per heavy atom. The first kappa shape index (κ1) is 15.7. The summed E-state index contributed by atoms with van der Waals surface area (Å²) in [5, 5.41) is 10.6. The number of carbonyl (C=O) groups is 1. The Morgan fingerprint density at radius 1 is 1.35 bits per heavy atom. The zero-order valence-electron chi connectivity index (χ0n) is 12.8. The number of carbonyl (C=O) groups excluding carboxylic acids is 1. The molecule has 3 rings (SSSR count). The average molecular weight is 334 g/mol. The molecule has 1 atom stereocenters. The highest BCUT2D eigenvalue weighted by Gasteiger charge is 2.39. The van der Waals surface area contributed by atoms with Crippen LogP contribution in [0.3, 0.4) is 0 Å². The van der Waals surface area contributed by atoms with Crippen molar-refractivity contribution in [3.63, 3.8) is 0 Å². The predicted molar refractivity (Wildman–Crippen MR) is 84.7 cm³/mol. The topological polar surface area (TPSA) is 93.9 Å². The summed E-state index contributed by atoms with van der Waals surface area (Å²) in [7, 11) is -3.07. The van der Waals surface area contributed by atoms with Crippen LogP contribution in [0.25, 0.3) is 0 Å². The lowest BCUT2D eigenvalue weighted by atomic mass is 10.0. The van der Waals surface area contributed by atoms with Crippen LogP contribution in [0.15, 0.2) is 36.5 Å². The van der Waals surface area contributed by atoms with Gasteiger partial charge < -0.3 is 5.32 Å². The Kier molecular flexibility index (Phi) is 3.93. The Hall–Kier alpha value is -2.22. The van der Waals surface area contributed by atoms with E-state index in [-0.39, 0.29) is 17.2 Å². The lowest BCUT2D eigenvalue weighted by Gasteiger charge is -2.22. The van der Waals surface area contributed by atoms with Crippen LogP contribution >= 0.6 is 0 Å². The molecule has 1 aromatic heterocycles. The fourth-order valence-electron chi connectivity index (χ4n) is 2.70. The molecule has 0 bridgehead atoms. The van der Waals surface area contributed by atoms with Crippen molar-refractivity contribution in [1.29, 1.82) is 0 Å². The summed E-state index contributed by atoms with van der Waals surface area (Å²) < 4.78 is 24.8. The molecule has 0 radical (unpaired) electrons. The maximum Gasteiger partial charge on any atom is 0.273 e. The molecule has 1 saturated heterocycles. The lowest BCUT2D eigenvalue weighted by molar-refractivity contribution is 0.0910. The second kappa shape index (κ2) is 5.77. The number of sulfone groups is 1. The van der Waals surface area contributed by atoms with Gasteiger partial charge in [-0.15, -0.1) is 5.10 Å². The van der Waals surface area contributed by atoms with Gasteiger partial charge in [-0.3, -0.25) is 4.79 Å². The fraction of sp³-hybridized carbons (Fsp3) is 0.400. The van der Waals surface area contributed by atoms with E-state index in [1.54, 1.807) is 17.8 Å². The summed E-state index contributed by atoms with van der Waals surface area (Å²) in [5.74, 6) is -0.335. The maximum atomic E-state index is 12.3. The van der Waals surface area contributed by atoms with Gasteiger partial charge in [0.15, 0.2) is 15.5 Å². The van der Waals surface area contributed by atoms with Crippen LogP contribution in [0, 0.1) is 0 Å². The summed E-state index contributed by atoms with van der Waals surface area (Å²) in [6.45, 7) is 2.26. The second-order valence-electron chi connectivity index (χ2n) is 6.14. The number of rotatable bonds is 4. The van der Waals surface area contributed by atoms with Crippen LogP contribution in [0.5, 0.6) is 0 Å². The Balaban J connectivity index is 1.67. The minimum absolute atomic E-state index is 0.0378. The summed E-state index contributed by atoms with van der Waals surface area (Å²) in [6, 6.07) is 9.72. The third-order valence-corrected chi connectivity index (χ3v) is 5.78. The quantitative estimate of drug-likeness (QED) is 0.885. The first-order chi connectivity index (χ1) is 10.9. The molecular formula is C15H18N4O3S. The zero-order valence-corrected chi connectivity index (χ0v) is 13.6. The normalized spacial score (nSPS) is 22.8. The molecule has 7 nitrogen and oxygen atoms in total. The molecule has 23 heavy (non-hydrogen) atoms. The standard InChI is InChI=1S/C15H18N4O3S/c1-15(7-8-23(21,22)11-15)16-14(20)13-10-19(18-17-13)9-12-5-3-2-4-6-12/h2-6,10H,7-9,11H2,1H3,(H,16,20)/t15-/m1/s1. The first-order valence-electron chi connectivity index (χ1n) is 7.32. The Morgan fingerprint density at radius 2 is 2.09 bits per heavy atom. The summed E-state index contributed by atoms with van der Waals surface area (Å²) in [4.78, 5) is 12.3. The molecule has 1 aliphatic heterocycles. The molecular weight excluding hydrogens is 316 g/mol. The van der Waals surface area contributed by atoms with Crippen molar-refractivity contribution < 1.29 is 13.2 Å². The average Bonchev–Trinajstić information content (AvgIpc) is 3.04. The van der Waals surface area contributed by atoms with Crippen molar-refractivity contribution in [3.8, 4) is 0 Å². The fourth-order valence-corrected chi connectivity index (χ4v) is 4.79. The number of hydrogen-bond acceptors (Lipinski definition) is 5. The van der Waals surface area contributed by atoms with Gasteiger partial charge in [-0.1, -0.05) is 35.5 Å². The first-order valence-corrected chi connectivity index (χ1v) is 9.14. The minimum atomic E-state index is -3.07. The third-order valence-electron chi connectivity index (χ3n) is 3.88. The molecule has 1 amide bonds. The van der Waals surface area contributed by atoms with Gasteiger partial charge >= 0.3 is 0 Å². The van der Waals surface area contributed by atoms with Gasteiger partial charge in [0.05, 0.1) is 29.8 Å². The number of hydrogen-bond donors (Lipinski definition) is 1. The second-order valence-corrected chi connectivity index (χ2v) is 8.33. The third kappa shape index (κ3) is 3.76. The highest BCUT2D eigenvalue weighted by molar-refractivity contribution is 7.91. The van der Waals surface area contributed by atoms with Crippen molar-refractivity contribution in [3.05, 3.63) is 47.8 Å². The summed E-state index contributed by atoms with van der Waals surface area (Å²) >= 11 is 0. The van der Waals surface area contributed by atoms with Gasteiger partial charge in [0, 0.05) is 0 Å². The highest BCUT2D eigenvalue weighted by atomic mass is 32.2. The minimum Gasteiger partial charge on any atom is -0.344 e. The van der Waals surface area contributed by atoms with E-state index in [9.17, 15) is 13.2 Å². The Labute approximate surface area is 134 Å². The largest absolute Gasteiger partial charge is 0.344 e. The molecule has 0 unspecified atom stereocenters. The molecule has 1 aliphatic rings. The van der Waals surface area contributed by atoms with Gasteiger partial charge in [-0.2, -0.15) is 0 Å². The van der Waals surface area contributed by atoms with E-state index in [0.29, 0.717) is 13.0 Å². The van der Waals surface area contributed by atoms with E-state index in [1.165, 1.54) is 0 Å². The van der Waals surface area contributed by atoms with Crippen LogP contribution in [-0.2, 0) is 16.4 Å². The van der Waals surface area contributed by atoms with Gasteiger partial charge in [0.1, 0.15) is 0 Å². The molecule has 0 aliphatic carbocycles. The number of benzene rings is 1. The van der Waals surface area contributed by atoms with E-state index >= 15 is 0 Å². The molecule has 0 saturated carbocycles. The molecule has 0 spiro atoms. The highest BCUT2D eigenvalue weighted by Crippen LogP contribution is 2.23. The van der Waals surface area contributed by atoms with E-state index in [1.807, 2.05) is 30.3 Å². The zero-order chi connectivity index (χ0) is 16.5. The molecule has 1 fully saturated rings. The predicted octanol–water partition coefficient (Wildman–Crippen LogP) is 0.633. The van der Waals surface area contributed by atoms with Crippen LogP contribution in [0.1, 0.15) is 29.4 Å². The van der Waals surface area contributed by atoms with Gasteiger partial charge in [-0.05, 0) is 18.9 Å². The number of aromatic nitrogens is 3. The van der Waals surface area contributed by atoms with Crippen molar-refractivity contribution in [1.82, 2.24) is 20.3 Å². The summed E-state index contributed by atoms with van der Waals surface area (Å²) in [6.07, 6.45) is 1.98. The van der Waals surface area contributed by atoms with Crippen LogP contribution in [0.4, 0.5) is 0 Å². The smallest absolute Gasteiger partial charge is 0.273 e. The van der Waals surface area contributed by atoms with Gasteiger partial charge in [-0.25, -0.2) is 13.1 Å². The Bertz CT molecular complexity index is 816. The van der Waals surface area contributed by atoms with Gasteiger partial charge in [0.25, 0.3) is 5.91 Å². The number of nitrogens with zero attached hydrogens (tertiary/aromatic N) is 3. The SMILES string of the molecule is C[C@@]1(NC(=O)c2cn(Cc3ccccc3)nn2)CCS(=O)(=O)C1. The number of amides is 1. The molecule has 8 heteroatoms. The van der Waals surface area contributed by atoms with E-state index in [4.69, 9.17) is 0 Å². The van der Waals surface area contributed by atoms with Crippen molar-refractivity contribution in [2.24, 2.45) is 0 Å². The molecule has 2 aromatic rings. The molecule has 122 valence electrons. The van der Waals surface area contributed by atoms with E-state index in [0.717, 1.165) is 5.56 Å². The molecule has 1 aromatic carbocycles. The molecule has 1 N–H and O–H groups in total. The van der Waals surface area contributed by atoms with Crippen LogP contribution in [-0.4, -0.2) is 46.4 Å². The van der Waals surface area contributed by atoms with E-state index in [2.05, 4.69) is 15.6 Å². The van der Waals surface area contributed by atoms with Crippen molar-refractivity contribution >= 4 is 15.7 Å². The van der Waals surface area contributed by atoms with Crippen LogP contribution < -0.4 is 5.32 Å². The maximum absolute atomic E-state index is 12.3. The lowest BCUT2D eigenvalue weighted by Crippen LogP contribution is -2.47. The van der Waals surface area contributed by atoms with E-state index < -0.39 is 21.3 Å². The van der Waals surface area contributed by atoms with Crippen molar-refractivity contribution in [2.45, 2.75) is 25.4 Å². The number of nitrogens with one attached hydrogen (secondary N) is 1. The monoisotopic (exact) mass is 334 g/mol.